The van der Waals surface area contributed by atoms with Gasteiger partial charge in [-0.15, -0.1) is 0 Å². The fourth-order valence-corrected chi connectivity index (χ4v) is 1.87. The quantitative estimate of drug-likeness (QED) is 0.701. The Labute approximate surface area is 115 Å². The van der Waals surface area contributed by atoms with Crippen LogP contribution in [0.5, 0.6) is 0 Å². The highest BCUT2D eigenvalue weighted by Gasteiger charge is 2.18. The summed E-state index contributed by atoms with van der Waals surface area (Å²) in [5.74, 6) is 0.952. The van der Waals surface area contributed by atoms with Gasteiger partial charge in [0.2, 0.25) is 5.95 Å². The molecule has 0 aromatic carbocycles. The number of hydrogen-bond donors (Lipinski definition) is 1. The first-order valence-electron chi connectivity index (χ1n) is 6.47. The lowest BCUT2D eigenvalue weighted by atomic mass is 10.2. The zero-order valence-corrected chi connectivity index (χ0v) is 12.7. The zero-order chi connectivity index (χ0) is 13.4. The number of anilines is 1. The fourth-order valence-electron chi connectivity index (χ4n) is 1.60. The number of nitrogens with zero attached hydrogens (tertiary/aromatic N) is 2. The second kappa shape index (κ2) is 7.69. The van der Waals surface area contributed by atoms with Crippen LogP contribution in [0.3, 0.4) is 0 Å². The number of rotatable bonds is 9. The van der Waals surface area contributed by atoms with E-state index in [1.807, 2.05) is 31.1 Å². The summed E-state index contributed by atoms with van der Waals surface area (Å²) in [4.78, 5) is 4.35. The summed E-state index contributed by atoms with van der Waals surface area (Å²) >= 11 is 1.87. The molecule has 0 aliphatic heterocycles. The van der Waals surface area contributed by atoms with E-state index in [9.17, 15) is 0 Å². The number of aromatic nitrogens is 2. The van der Waals surface area contributed by atoms with Crippen LogP contribution in [0.15, 0.2) is 12.4 Å². The van der Waals surface area contributed by atoms with Crippen molar-refractivity contribution in [3.8, 4) is 0 Å². The Balaban J connectivity index is 2.40. The van der Waals surface area contributed by atoms with Crippen molar-refractivity contribution < 1.29 is 4.74 Å². The smallest absolute Gasteiger partial charge is 0.202 e. The van der Waals surface area contributed by atoms with Gasteiger partial charge >= 0.3 is 0 Å². The standard InChI is InChI=1S/C13H25N3OS/c1-5-17-10-6-7-14-12-15-8-9-16(12)11-13(2,3)18-4/h8-9H,5-7,10-11H2,1-4H3,(H,14,15). The van der Waals surface area contributed by atoms with Crippen LogP contribution in [0.1, 0.15) is 27.2 Å². The highest BCUT2D eigenvalue weighted by molar-refractivity contribution is 7.99. The summed E-state index contributed by atoms with van der Waals surface area (Å²) < 4.78 is 7.71. The first kappa shape index (κ1) is 15.4. The van der Waals surface area contributed by atoms with Gasteiger partial charge in [-0.1, -0.05) is 0 Å². The van der Waals surface area contributed by atoms with Crippen molar-refractivity contribution in [3.05, 3.63) is 12.4 Å². The molecule has 1 rings (SSSR count). The van der Waals surface area contributed by atoms with Crippen molar-refractivity contribution in [2.24, 2.45) is 0 Å². The normalized spacial score (nSPS) is 11.8. The number of hydrogen-bond acceptors (Lipinski definition) is 4. The molecule has 4 nitrogen and oxygen atoms in total. The molecule has 0 unspecified atom stereocenters. The molecule has 0 spiro atoms. The molecule has 0 saturated heterocycles. The van der Waals surface area contributed by atoms with Crippen LogP contribution in [0.25, 0.3) is 0 Å². The molecule has 0 saturated carbocycles. The van der Waals surface area contributed by atoms with E-state index in [-0.39, 0.29) is 4.75 Å². The van der Waals surface area contributed by atoms with Crippen molar-refractivity contribution in [2.45, 2.75) is 38.5 Å². The molecule has 1 heterocycles. The Morgan fingerprint density at radius 2 is 2.28 bits per heavy atom. The van der Waals surface area contributed by atoms with Gasteiger partial charge in [-0.05, 0) is 33.4 Å². The minimum absolute atomic E-state index is 0.225. The van der Waals surface area contributed by atoms with Crippen LogP contribution < -0.4 is 5.32 Å². The summed E-state index contributed by atoms with van der Waals surface area (Å²) in [6, 6.07) is 0. The topological polar surface area (TPSA) is 39.1 Å². The molecule has 0 amide bonds. The fraction of sp³-hybridized carbons (Fsp3) is 0.769. The summed E-state index contributed by atoms with van der Waals surface area (Å²) in [5.41, 5.74) is 0. The second-order valence-electron chi connectivity index (χ2n) is 4.82. The monoisotopic (exact) mass is 271 g/mol. The number of imidazole rings is 1. The lowest BCUT2D eigenvalue weighted by Crippen LogP contribution is -2.23. The molecule has 18 heavy (non-hydrogen) atoms. The van der Waals surface area contributed by atoms with Crippen LogP contribution in [-0.2, 0) is 11.3 Å². The van der Waals surface area contributed by atoms with Crippen LogP contribution in [0, 0.1) is 0 Å². The van der Waals surface area contributed by atoms with Gasteiger partial charge in [0.25, 0.3) is 0 Å². The van der Waals surface area contributed by atoms with E-state index in [0.29, 0.717) is 0 Å². The third kappa shape index (κ3) is 5.31. The molecule has 0 aliphatic rings. The molecule has 1 N–H and O–H groups in total. The Bertz CT molecular complexity index is 339. The maximum absolute atomic E-state index is 5.31. The van der Waals surface area contributed by atoms with E-state index in [4.69, 9.17) is 4.74 Å². The van der Waals surface area contributed by atoms with Crippen molar-refractivity contribution in [3.63, 3.8) is 0 Å². The molecule has 1 aromatic heterocycles. The summed E-state index contributed by atoms with van der Waals surface area (Å²) in [6.45, 7) is 9.97. The molecule has 104 valence electrons. The van der Waals surface area contributed by atoms with Crippen LogP contribution >= 0.6 is 11.8 Å². The van der Waals surface area contributed by atoms with Gasteiger partial charge in [-0.25, -0.2) is 4.98 Å². The maximum atomic E-state index is 5.31. The minimum atomic E-state index is 0.225. The van der Waals surface area contributed by atoms with E-state index in [1.165, 1.54) is 0 Å². The minimum Gasteiger partial charge on any atom is -0.382 e. The van der Waals surface area contributed by atoms with Crippen molar-refractivity contribution in [2.75, 3.05) is 31.3 Å². The molecular formula is C13H25N3OS. The molecule has 0 aliphatic carbocycles. The summed E-state index contributed by atoms with van der Waals surface area (Å²) in [5, 5.41) is 3.36. The van der Waals surface area contributed by atoms with Crippen molar-refractivity contribution >= 4 is 17.7 Å². The van der Waals surface area contributed by atoms with Gasteiger partial charge in [0, 0.05) is 43.4 Å². The molecule has 0 radical (unpaired) electrons. The Morgan fingerprint density at radius 3 is 2.94 bits per heavy atom. The third-order valence-corrected chi connectivity index (χ3v) is 4.01. The molecule has 0 bridgehead atoms. The Morgan fingerprint density at radius 1 is 1.50 bits per heavy atom. The second-order valence-corrected chi connectivity index (χ2v) is 6.33. The van der Waals surface area contributed by atoms with Crippen molar-refractivity contribution in [1.82, 2.24) is 9.55 Å². The van der Waals surface area contributed by atoms with Gasteiger partial charge in [-0.2, -0.15) is 11.8 Å². The van der Waals surface area contributed by atoms with E-state index >= 15 is 0 Å². The van der Waals surface area contributed by atoms with Gasteiger partial charge in [0.1, 0.15) is 0 Å². The largest absolute Gasteiger partial charge is 0.382 e. The number of nitrogens with one attached hydrogen (secondary N) is 1. The average Bonchev–Trinajstić information content (AvgIpc) is 2.76. The molecule has 0 fully saturated rings. The van der Waals surface area contributed by atoms with Crippen molar-refractivity contribution in [1.29, 1.82) is 0 Å². The maximum Gasteiger partial charge on any atom is 0.202 e. The average molecular weight is 271 g/mol. The van der Waals surface area contributed by atoms with Crippen LogP contribution in [0.2, 0.25) is 0 Å². The lowest BCUT2D eigenvalue weighted by Gasteiger charge is -2.23. The third-order valence-electron chi connectivity index (χ3n) is 2.77. The number of ether oxygens (including phenoxy) is 1. The SMILES string of the molecule is CCOCCCNc1nccn1CC(C)(C)SC. The predicted molar refractivity (Wildman–Crippen MR) is 79.4 cm³/mol. The number of thioether (sulfide) groups is 1. The van der Waals surface area contributed by atoms with E-state index in [2.05, 4.69) is 35.0 Å². The van der Waals surface area contributed by atoms with Gasteiger partial charge in [0.15, 0.2) is 0 Å². The summed E-state index contributed by atoms with van der Waals surface area (Å²) in [6.07, 6.45) is 7.03. The van der Waals surface area contributed by atoms with Crippen LogP contribution in [-0.4, -0.2) is 40.3 Å². The van der Waals surface area contributed by atoms with Gasteiger partial charge in [0.05, 0.1) is 0 Å². The predicted octanol–water partition coefficient (Wildman–Crippen LogP) is 2.86. The van der Waals surface area contributed by atoms with Crippen LogP contribution in [0.4, 0.5) is 5.95 Å². The summed E-state index contributed by atoms with van der Waals surface area (Å²) in [7, 11) is 0. The highest BCUT2D eigenvalue weighted by Crippen LogP contribution is 2.24. The van der Waals surface area contributed by atoms with Gasteiger partial charge < -0.3 is 14.6 Å². The molecule has 1 aromatic rings. The van der Waals surface area contributed by atoms with E-state index in [0.717, 1.165) is 38.7 Å². The molecular weight excluding hydrogens is 246 g/mol. The molecule has 5 heteroatoms. The highest BCUT2D eigenvalue weighted by atomic mass is 32.2. The Hall–Kier alpha value is -0.680. The Kier molecular flexibility index (Phi) is 6.57. The zero-order valence-electron chi connectivity index (χ0n) is 11.9. The van der Waals surface area contributed by atoms with E-state index in [1.54, 1.807) is 0 Å². The first-order chi connectivity index (χ1) is 8.59. The lowest BCUT2D eigenvalue weighted by molar-refractivity contribution is 0.147. The van der Waals surface area contributed by atoms with Gasteiger partial charge in [-0.3, -0.25) is 0 Å². The van der Waals surface area contributed by atoms with E-state index < -0.39 is 0 Å². The first-order valence-corrected chi connectivity index (χ1v) is 7.69. The molecule has 0 atom stereocenters.